The molecule has 1 rings (SSSR count). The van der Waals surface area contributed by atoms with Crippen LogP contribution in [0.2, 0.25) is 0 Å². The number of rotatable bonds is 9. The highest BCUT2D eigenvalue weighted by molar-refractivity contribution is 5.39. The molecule has 104 valence electrons. The molecule has 0 amide bonds. The number of methoxy groups -OCH3 is 1. The highest BCUT2D eigenvalue weighted by Gasteiger charge is 2.09. The van der Waals surface area contributed by atoms with Crippen molar-refractivity contribution in [3.63, 3.8) is 0 Å². The minimum atomic E-state index is 0.104. The van der Waals surface area contributed by atoms with Crippen LogP contribution in [-0.4, -0.2) is 41.3 Å². The van der Waals surface area contributed by atoms with Crippen LogP contribution in [0.5, 0.6) is 0 Å². The van der Waals surface area contributed by atoms with Gasteiger partial charge in [-0.05, 0) is 18.8 Å². The van der Waals surface area contributed by atoms with Crippen LogP contribution in [0.15, 0.2) is 12.4 Å². The van der Waals surface area contributed by atoms with E-state index in [1.807, 2.05) is 10.9 Å². The van der Waals surface area contributed by atoms with E-state index in [1.54, 1.807) is 13.3 Å². The van der Waals surface area contributed by atoms with Crippen molar-refractivity contribution in [2.24, 2.45) is 5.92 Å². The lowest BCUT2D eigenvalue weighted by molar-refractivity contribution is 0.183. The molecule has 1 heterocycles. The van der Waals surface area contributed by atoms with Crippen LogP contribution >= 0.6 is 0 Å². The number of aliphatic hydroxyl groups excluding tert-OH is 1. The Morgan fingerprint density at radius 2 is 2.22 bits per heavy atom. The molecular formula is C13H25N3O2. The molecule has 0 spiro atoms. The largest absolute Gasteiger partial charge is 0.394 e. The first-order valence-corrected chi connectivity index (χ1v) is 6.54. The zero-order chi connectivity index (χ0) is 13.4. The van der Waals surface area contributed by atoms with Gasteiger partial charge in [-0.2, -0.15) is 5.10 Å². The van der Waals surface area contributed by atoms with Crippen LogP contribution in [0.25, 0.3) is 0 Å². The van der Waals surface area contributed by atoms with Gasteiger partial charge in [0.25, 0.3) is 0 Å². The minimum absolute atomic E-state index is 0.104. The number of anilines is 1. The van der Waals surface area contributed by atoms with Gasteiger partial charge in [0.1, 0.15) is 0 Å². The molecular weight excluding hydrogens is 230 g/mol. The zero-order valence-electron chi connectivity index (χ0n) is 11.6. The van der Waals surface area contributed by atoms with E-state index in [-0.39, 0.29) is 12.6 Å². The lowest BCUT2D eigenvalue weighted by Crippen LogP contribution is -2.24. The van der Waals surface area contributed by atoms with E-state index >= 15 is 0 Å². The molecule has 1 atom stereocenters. The third-order valence-corrected chi connectivity index (χ3v) is 2.84. The molecule has 0 bridgehead atoms. The summed E-state index contributed by atoms with van der Waals surface area (Å²) in [6.45, 7) is 5.93. The van der Waals surface area contributed by atoms with Crippen LogP contribution in [0.1, 0.15) is 26.7 Å². The van der Waals surface area contributed by atoms with Crippen molar-refractivity contribution in [1.29, 1.82) is 0 Å². The van der Waals surface area contributed by atoms with E-state index in [1.165, 1.54) is 0 Å². The number of aromatic nitrogens is 2. The van der Waals surface area contributed by atoms with Crippen molar-refractivity contribution in [3.05, 3.63) is 12.4 Å². The monoisotopic (exact) mass is 255 g/mol. The fourth-order valence-corrected chi connectivity index (χ4v) is 1.72. The second kappa shape index (κ2) is 8.11. The van der Waals surface area contributed by atoms with Crippen molar-refractivity contribution in [2.45, 2.75) is 39.3 Å². The third-order valence-electron chi connectivity index (χ3n) is 2.84. The normalized spacial score (nSPS) is 12.9. The molecule has 0 fully saturated rings. The van der Waals surface area contributed by atoms with Gasteiger partial charge in [-0.1, -0.05) is 13.8 Å². The van der Waals surface area contributed by atoms with Gasteiger partial charge < -0.3 is 15.2 Å². The quantitative estimate of drug-likeness (QED) is 0.705. The first-order chi connectivity index (χ1) is 8.65. The van der Waals surface area contributed by atoms with Crippen molar-refractivity contribution in [1.82, 2.24) is 9.78 Å². The Labute approximate surface area is 109 Å². The van der Waals surface area contributed by atoms with Crippen molar-refractivity contribution in [3.8, 4) is 0 Å². The van der Waals surface area contributed by atoms with Crippen molar-refractivity contribution < 1.29 is 9.84 Å². The summed E-state index contributed by atoms with van der Waals surface area (Å²) in [6, 6.07) is 0.104. The number of nitrogens with one attached hydrogen (secondary N) is 1. The highest BCUT2D eigenvalue weighted by atomic mass is 16.5. The van der Waals surface area contributed by atoms with E-state index in [2.05, 4.69) is 24.3 Å². The number of ether oxygens (including phenoxy) is 1. The summed E-state index contributed by atoms with van der Waals surface area (Å²) in [6.07, 6.45) is 5.80. The van der Waals surface area contributed by atoms with Gasteiger partial charge in [0.2, 0.25) is 0 Å². The summed E-state index contributed by atoms with van der Waals surface area (Å²) in [5.74, 6) is 0.658. The second-order valence-electron chi connectivity index (χ2n) is 4.98. The maximum atomic E-state index is 9.34. The fraction of sp³-hybridized carbons (Fsp3) is 0.769. The van der Waals surface area contributed by atoms with Gasteiger partial charge in [-0.15, -0.1) is 0 Å². The molecule has 5 nitrogen and oxygen atoms in total. The summed E-state index contributed by atoms with van der Waals surface area (Å²) >= 11 is 0. The summed E-state index contributed by atoms with van der Waals surface area (Å²) in [5.41, 5.74) is 0.953. The molecule has 0 aliphatic heterocycles. The second-order valence-corrected chi connectivity index (χ2v) is 4.98. The molecule has 0 aliphatic rings. The van der Waals surface area contributed by atoms with Gasteiger partial charge in [-0.25, -0.2) is 0 Å². The standard InChI is InChI=1S/C13H25N3O2/c1-11(2)4-5-12(10-17)15-13-8-14-16(9-13)6-7-18-3/h8-9,11-12,15,17H,4-7,10H2,1-3H3/t12-/m1/s1. The number of hydrogen-bond acceptors (Lipinski definition) is 4. The summed E-state index contributed by atoms with van der Waals surface area (Å²) < 4.78 is 6.84. The van der Waals surface area contributed by atoms with E-state index in [4.69, 9.17) is 4.74 Å². The third kappa shape index (κ3) is 5.51. The van der Waals surface area contributed by atoms with Gasteiger partial charge in [0, 0.05) is 19.3 Å². The van der Waals surface area contributed by atoms with Crippen LogP contribution in [0.3, 0.4) is 0 Å². The molecule has 18 heavy (non-hydrogen) atoms. The Balaban J connectivity index is 2.41. The molecule has 0 unspecified atom stereocenters. The smallest absolute Gasteiger partial charge is 0.0729 e. The maximum absolute atomic E-state index is 9.34. The summed E-state index contributed by atoms with van der Waals surface area (Å²) in [5, 5.41) is 16.9. The fourth-order valence-electron chi connectivity index (χ4n) is 1.72. The van der Waals surface area contributed by atoms with E-state index in [0.717, 1.165) is 25.1 Å². The molecule has 0 aromatic carbocycles. The van der Waals surface area contributed by atoms with Crippen LogP contribution in [-0.2, 0) is 11.3 Å². The maximum Gasteiger partial charge on any atom is 0.0729 e. The Bertz CT molecular complexity index is 326. The van der Waals surface area contributed by atoms with E-state index < -0.39 is 0 Å². The predicted octanol–water partition coefficient (Wildman–Crippen LogP) is 1.74. The average Bonchev–Trinajstić information content (AvgIpc) is 2.79. The highest BCUT2D eigenvalue weighted by Crippen LogP contribution is 2.12. The molecule has 0 saturated carbocycles. The van der Waals surface area contributed by atoms with Crippen LogP contribution in [0.4, 0.5) is 5.69 Å². The van der Waals surface area contributed by atoms with Gasteiger partial charge in [-0.3, -0.25) is 4.68 Å². The number of nitrogens with zero attached hydrogens (tertiary/aromatic N) is 2. The first-order valence-electron chi connectivity index (χ1n) is 6.54. The Morgan fingerprint density at radius 1 is 1.44 bits per heavy atom. The molecule has 0 radical (unpaired) electrons. The SMILES string of the molecule is COCCn1cc(N[C@@H](CO)CCC(C)C)cn1. The summed E-state index contributed by atoms with van der Waals surface area (Å²) in [4.78, 5) is 0. The number of aliphatic hydroxyl groups is 1. The van der Waals surface area contributed by atoms with Gasteiger partial charge in [0.05, 0.1) is 31.6 Å². The lowest BCUT2D eigenvalue weighted by Gasteiger charge is -2.17. The molecule has 2 N–H and O–H groups in total. The van der Waals surface area contributed by atoms with Crippen LogP contribution < -0.4 is 5.32 Å². The molecule has 5 heteroatoms. The first kappa shape index (κ1) is 15.0. The van der Waals surface area contributed by atoms with E-state index in [9.17, 15) is 5.11 Å². The summed E-state index contributed by atoms with van der Waals surface area (Å²) in [7, 11) is 1.68. The van der Waals surface area contributed by atoms with Crippen LogP contribution in [0, 0.1) is 5.92 Å². The van der Waals surface area contributed by atoms with Gasteiger partial charge in [0.15, 0.2) is 0 Å². The number of hydrogen-bond donors (Lipinski definition) is 2. The topological polar surface area (TPSA) is 59.3 Å². The van der Waals surface area contributed by atoms with Gasteiger partial charge >= 0.3 is 0 Å². The Morgan fingerprint density at radius 3 is 2.83 bits per heavy atom. The molecule has 1 aromatic heterocycles. The van der Waals surface area contributed by atoms with Crippen molar-refractivity contribution in [2.75, 3.05) is 25.6 Å². The molecule has 0 saturated heterocycles. The average molecular weight is 255 g/mol. The van der Waals surface area contributed by atoms with Crippen molar-refractivity contribution >= 4 is 5.69 Å². The molecule has 1 aromatic rings. The zero-order valence-corrected chi connectivity index (χ0v) is 11.6. The minimum Gasteiger partial charge on any atom is -0.394 e. The predicted molar refractivity (Wildman–Crippen MR) is 72.7 cm³/mol. The Hall–Kier alpha value is -1.07. The lowest BCUT2D eigenvalue weighted by atomic mass is 10.0. The van der Waals surface area contributed by atoms with E-state index in [0.29, 0.717) is 12.5 Å². The Kier molecular flexibility index (Phi) is 6.75. The molecule has 0 aliphatic carbocycles.